The molecule has 112 valence electrons. The molecule has 0 fully saturated rings. The number of unbranched alkanes of at least 4 members (excludes halogenated alkanes) is 1. The Labute approximate surface area is 129 Å². The number of nitrogens with two attached hydrogens (primary N) is 1. The average Bonchev–Trinajstić information content (AvgIpc) is 2.74. The van der Waals surface area contributed by atoms with Crippen LogP contribution in [0.25, 0.3) is 0 Å². The van der Waals surface area contributed by atoms with Crippen LogP contribution in [-0.2, 0) is 24.2 Å². The zero-order valence-electron chi connectivity index (χ0n) is 12.2. The van der Waals surface area contributed by atoms with Gasteiger partial charge in [-0.25, -0.2) is 4.98 Å². The van der Waals surface area contributed by atoms with Crippen molar-refractivity contribution in [1.82, 2.24) is 9.55 Å². The maximum absolute atomic E-state index is 11.3. The van der Waals surface area contributed by atoms with Gasteiger partial charge in [0.1, 0.15) is 5.82 Å². The fraction of sp³-hybridized carbons (Fsp3) is 0.375. The van der Waals surface area contributed by atoms with Crippen molar-refractivity contribution >= 4 is 17.5 Å². The first-order chi connectivity index (χ1) is 10.1. The molecule has 0 unspecified atom stereocenters. The number of rotatable bonds is 7. The molecule has 1 heterocycles. The van der Waals surface area contributed by atoms with E-state index in [0.717, 1.165) is 30.7 Å². The summed E-state index contributed by atoms with van der Waals surface area (Å²) < 4.78 is 2.03. The molecule has 0 saturated heterocycles. The number of aromatic nitrogens is 2. The standard InChI is InChI=1S/C16H20ClN3O/c1-2-3-9-15-19-16(17)13(10-14(18)21)20(15)11-12-7-5-4-6-8-12/h4-8H,2-3,9-11H2,1H3,(H2,18,21). The van der Waals surface area contributed by atoms with Gasteiger partial charge < -0.3 is 10.3 Å². The lowest BCUT2D eigenvalue weighted by molar-refractivity contribution is -0.117. The lowest BCUT2D eigenvalue weighted by Gasteiger charge is -2.11. The molecule has 0 aliphatic heterocycles. The van der Waals surface area contributed by atoms with Gasteiger partial charge in [0.25, 0.3) is 0 Å². The summed E-state index contributed by atoms with van der Waals surface area (Å²) in [5, 5.41) is 0.385. The van der Waals surface area contributed by atoms with Gasteiger partial charge in [-0.15, -0.1) is 0 Å². The Balaban J connectivity index is 2.35. The minimum atomic E-state index is -0.395. The molecule has 2 N–H and O–H groups in total. The molecule has 21 heavy (non-hydrogen) atoms. The fourth-order valence-electron chi connectivity index (χ4n) is 2.32. The number of hydrogen-bond acceptors (Lipinski definition) is 2. The Morgan fingerprint density at radius 3 is 2.67 bits per heavy atom. The largest absolute Gasteiger partial charge is 0.369 e. The summed E-state index contributed by atoms with van der Waals surface area (Å²) in [5.41, 5.74) is 7.18. The maximum Gasteiger partial charge on any atom is 0.223 e. The van der Waals surface area contributed by atoms with Crippen LogP contribution in [0.1, 0.15) is 36.8 Å². The highest BCUT2D eigenvalue weighted by Crippen LogP contribution is 2.21. The van der Waals surface area contributed by atoms with Crippen LogP contribution in [0.2, 0.25) is 5.15 Å². The smallest absolute Gasteiger partial charge is 0.223 e. The molecule has 5 heteroatoms. The van der Waals surface area contributed by atoms with E-state index in [-0.39, 0.29) is 6.42 Å². The summed E-state index contributed by atoms with van der Waals surface area (Å²) >= 11 is 6.20. The molecule has 0 atom stereocenters. The maximum atomic E-state index is 11.3. The van der Waals surface area contributed by atoms with E-state index in [4.69, 9.17) is 17.3 Å². The quantitative estimate of drug-likeness (QED) is 0.855. The average molecular weight is 306 g/mol. The van der Waals surface area contributed by atoms with Crippen LogP contribution in [-0.4, -0.2) is 15.5 Å². The number of amides is 1. The van der Waals surface area contributed by atoms with Crippen molar-refractivity contribution in [3.63, 3.8) is 0 Å². The molecule has 2 rings (SSSR count). The normalized spacial score (nSPS) is 10.8. The summed E-state index contributed by atoms with van der Waals surface area (Å²) in [7, 11) is 0. The van der Waals surface area contributed by atoms with Crippen molar-refractivity contribution in [2.75, 3.05) is 0 Å². The molecule has 1 aromatic carbocycles. The zero-order chi connectivity index (χ0) is 15.2. The number of hydrogen-bond donors (Lipinski definition) is 1. The van der Waals surface area contributed by atoms with E-state index in [9.17, 15) is 4.79 Å². The minimum Gasteiger partial charge on any atom is -0.369 e. The predicted molar refractivity (Wildman–Crippen MR) is 84.3 cm³/mol. The van der Waals surface area contributed by atoms with Crippen LogP contribution in [0.5, 0.6) is 0 Å². The summed E-state index contributed by atoms with van der Waals surface area (Å²) in [5.74, 6) is 0.523. The molecule has 4 nitrogen and oxygen atoms in total. The topological polar surface area (TPSA) is 60.9 Å². The van der Waals surface area contributed by atoms with Gasteiger partial charge in [0.2, 0.25) is 5.91 Å². The first-order valence-electron chi connectivity index (χ1n) is 7.17. The van der Waals surface area contributed by atoms with Gasteiger partial charge in [0.05, 0.1) is 12.1 Å². The first-order valence-corrected chi connectivity index (χ1v) is 7.55. The summed E-state index contributed by atoms with van der Waals surface area (Å²) in [6, 6.07) is 10.1. The Kier molecular flexibility index (Phi) is 5.39. The van der Waals surface area contributed by atoms with Gasteiger partial charge in [-0.05, 0) is 12.0 Å². The number of primary amides is 1. The summed E-state index contributed by atoms with van der Waals surface area (Å²) in [6.07, 6.45) is 3.09. The molecule has 0 bridgehead atoms. The second-order valence-electron chi connectivity index (χ2n) is 5.08. The number of aryl methyl sites for hydroxylation is 1. The highest BCUT2D eigenvalue weighted by atomic mass is 35.5. The van der Waals surface area contributed by atoms with Gasteiger partial charge >= 0.3 is 0 Å². The molecule has 2 aromatic rings. The first kappa shape index (κ1) is 15.6. The number of nitrogens with zero attached hydrogens (tertiary/aromatic N) is 2. The van der Waals surface area contributed by atoms with Gasteiger partial charge in [-0.2, -0.15) is 0 Å². The third kappa shape index (κ3) is 4.08. The molecule has 1 aromatic heterocycles. The zero-order valence-corrected chi connectivity index (χ0v) is 12.9. The summed E-state index contributed by atoms with van der Waals surface area (Å²) in [6.45, 7) is 2.79. The van der Waals surface area contributed by atoms with Crippen molar-refractivity contribution in [3.8, 4) is 0 Å². The molecule has 1 amide bonds. The van der Waals surface area contributed by atoms with Crippen LogP contribution in [0.4, 0.5) is 0 Å². The predicted octanol–water partition coefficient (Wildman–Crippen LogP) is 2.96. The van der Waals surface area contributed by atoms with E-state index in [1.54, 1.807) is 0 Å². The lowest BCUT2D eigenvalue weighted by atomic mass is 10.2. The molecule has 0 aliphatic carbocycles. The highest BCUT2D eigenvalue weighted by molar-refractivity contribution is 6.30. The number of halogens is 1. The second kappa shape index (κ2) is 7.27. The van der Waals surface area contributed by atoms with E-state index in [2.05, 4.69) is 11.9 Å². The molecule has 0 radical (unpaired) electrons. The fourth-order valence-corrected chi connectivity index (χ4v) is 2.58. The van der Waals surface area contributed by atoms with Crippen LogP contribution >= 0.6 is 11.6 Å². The molecule has 0 saturated carbocycles. The van der Waals surface area contributed by atoms with E-state index in [1.165, 1.54) is 0 Å². The Hall–Kier alpha value is -1.81. The number of imidazole rings is 1. The number of benzene rings is 1. The minimum absolute atomic E-state index is 0.116. The Morgan fingerprint density at radius 1 is 1.33 bits per heavy atom. The van der Waals surface area contributed by atoms with Crippen LogP contribution in [0, 0.1) is 0 Å². The monoisotopic (exact) mass is 305 g/mol. The summed E-state index contributed by atoms with van der Waals surface area (Å²) in [4.78, 5) is 15.7. The molecular formula is C16H20ClN3O. The molecule has 0 spiro atoms. The van der Waals surface area contributed by atoms with E-state index < -0.39 is 5.91 Å². The lowest BCUT2D eigenvalue weighted by Crippen LogP contribution is -2.18. The molecule has 0 aliphatic rings. The van der Waals surface area contributed by atoms with Crippen molar-refractivity contribution in [2.24, 2.45) is 5.73 Å². The van der Waals surface area contributed by atoms with Crippen LogP contribution in [0.15, 0.2) is 30.3 Å². The van der Waals surface area contributed by atoms with Gasteiger partial charge in [-0.1, -0.05) is 55.3 Å². The highest BCUT2D eigenvalue weighted by Gasteiger charge is 2.17. The van der Waals surface area contributed by atoms with E-state index in [0.29, 0.717) is 17.4 Å². The third-order valence-corrected chi connectivity index (χ3v) is 3.68. The third-order valence-electron chi connectivity index (χ3n) is 3.38. The number of carbonyl (C=O) groups excluding carboxylic acids is 1. The van der Waals surface area contributed by atoms with Crippen molar-refractivity contribution < 1.29 is 4.79 Å². The van der Waals surface area contributed by atoms with Gasteiger partial charge in [0, 0.05) is 13.0 Å². The number of carbonyl (C=O) groups is 1. The Morgan fingerprint density at radius 2 is 2.05 bits per heavy atom. The molecular weight excluding hydrogens is 286 g/mol. The van der Waals surface area contributed by atoms with Gasteiger partial charge in [-0.3, -0.25) is 4.79 Å². The van der Waals surface area contributed by atoms with E-state index in [1.807, 2.05) is 34.9 Å². The van der Waals surface area contributed by atoms with Crippen LogP contribution < -0.4 is 5.73 Å². The SMILES string of the molecule is CCCCc1nc(Cl)c(CC(N)=O)n1Cc1ccccc1. The second-order valence-corrected chi connectivity index (χ2v) is 5.44. The van der Waals surface area contributed by atoms with Crippen molar-refractivity contribution in [3.05, 3.63) is 52.6 Å². The Bertz CT molecular complexity index is 607. The van der Waals surface area contributed by atoms with Gasteiger partial charge in [0.15, 0.2) is 5.15 Å². The van der Waals surface area contributed by atoms with E-state index >= 15 is 0 Å². The van der Waals surface area contributed by atoms with Crippen molar-refractivity contribution in [1.29, 1.82) is 0 Å². The van der Waals surface area contributed by atoms with Crippen LogP contribution in [0.3, 0.4) is 0 Å². The van der Waals surface area contributed by atoms with Crippen molar-refractivity contribution in [2.45, 2.75) is 39.2 Å².